The number of hydrogen-bond acceptors (Lipinski definition) is 3. The lowest BCUT2D eigenvalue weighted by Gasteiger charge is -2.12. The molecule has 21 heavy (non-hydrogen) atoms. The molecule has 1 N–H and O–H groups in total. The van der Waals surface area contributed by atoms with Crippen LogP contribution in [-0.4, -0.2) is 13.1 Å². The predicted octanol–water partition coefficient (Wildman–Crippen LogP) is 4.64. The first-order valence-corrected chi connectivity index (χ1v) is 7.24. The van der Waals surface area contributed by atoms with Gasteiger partial charge in [0.25, 0.3) is 0 Å². The van der Waals surface area contributed by atoms with E-state index < -0.39 is 11.8 Å². The molecule has 2 aromatic carbocycles. The van der Waals surface area contributed by atoms with Gasteiger partial charge in [-0.3, -0.25) is 0 Å². The highest BCUT2D eigenvalue weighted by molar-refractivity contribution is 9.10. The molecule has 0 saturated heterocycles. The SMILES string of the molecule is COC(=O)c1cc(F)ccc1NCc1cc(Br)ccc1Cl. The second kappa shape index (κ2) is 6.91. The number of rotatable bonds is 4. The number of nitrogens with one attached hydrogen (secondary N) is 1. The van der Waals surface area contributed by atoms with Crippen molar-refractivity contribution in [2.45, 2.75) is 6.54 Å². The van der Waals surface area contributed by atoms with Crippen molar-refractivity contribution in [3.05, 3.63) is 62.8 Å². The lowest BCUT2D eigenvalue weighted by atomic mass is 10.1. The molecule has 0 amide bonds. The molecule has 0 aliphatic heterocycles. The second-order valence-corrected chi connectivity index (χ2v) is 5.59. The van der Waals surface area contributed by atoms with Crippen LogP contribution in [0.1, 0.15) is 15.9 Å². The van der Waals surface area contributed by atoms with E-state index in [0.29, 0.717) is 17.3 Å². The zero-order valence-electron chi connectivity index (χ0n) is 11.1. The molecule has 0 aliphatic carbocycles. The van der Waals surface area contributed by atoms with Crippen LogP contribution in [0.2, 0.25) is 5.02 Å². The molecule has 6 heteroatoms. The van der Waals surface area contributed by atoms with Crippen LogP contribution in [0.15, 0.2) is 40.9 Å². The number of anilines is 1. The van der Waals surface area contributed by atoms with E-state index in [1.807, 2.05) is 12.1 Å². The first kappa shape index (κ1) is 15.8. The molecule has 0 fully saturated rings. The number of hydrogen-bond donors (Lipinski definition) is 1. The van der Waals surface area contributed by atoms with Gasteiger partial charge in [-0.2, -0.15) is 0 Å². The summed E-state index contributed by atoms with van der Waals surface area (Å²) in [5.41, 5.74) is 1.48. The Morgan fingerprint density at radius 1 is 1.33 bits per heavy atom. The molecule has 0 heterocycles. The van der Waals surface area contributed by atoms with E-state index in [1.165, 1.54) is 19.2 Å². The van der Waals surface area contributed by atoms with Gasteiger partial charge in [0.05, 0.1) is 12.7 Å². The number of methoxy groups -OCH3 is 1. The predicted molar refractivity (Wildman–Crippen MR) is 84.2 cm³/mol. The van der Waals surface area contributed by atoms with Gasteiger partial charge in [-0.1, -0.05) is 27.5 Å². The van der Waals surface area contributed by atoms with Crippen molar-refractivity contribution in [1.29, 1.82) is 0 Å². The molecule has 0 aliphatic rings. The van der Waals surface area contributed by atoms with E-state index in [9.17, 15) is 9.18 Å². The standard InChI is InChI=1S/C15H12BrClFNO2/c1-21-15(20)12-7-11(18)3-5-14(12)19-8-9-6-10(16)2-4-13(9)17/h2-7,19H,8H2,1H3. The first-order valence-electron chi connectivity index (χ1n) is 6.07. The fourth-order valence-corrected chi connectivity index (χ4v) is 2.41. The van der Waals surface area contributed by atoms with Crippen LogP contribution in [0.5, 0.6) is 0 Å². The minimum Gasteiger partial charge on any atom is -0.465 e. The molecule has 0 aromatic heterocycles. The van der Waals surface area contributed by atoms with E-state index >= 15 is 0 Å². The Bertz CT molecular complexity index is 679. The van der Waals surface area contributed by atoms with E-state index in [4.69, 9.17) is 11.6 Å². The Morgan fingerprint density at radius 2 is 2.10 bits per heavy atom. The highest BCUT2D eigenvalue weighted by Crippen LogP contribution is 2.24. The van der Waals surface area contributed by atoms with Crippen LogP contribution in [0.3, 0.4) is 0 Å². The second-order valence-electron chi connectivity index (χ2n) is 4.27. The Balaban J connectivity index is 2.24. The molecular formula is C15H12BrClFNO2. The summed E-state index contributed by atoms with van der Waals surface area (Å²) in [6.07, 6.45) is 0. The van der Waals surface area contributed by atoms with Crippen LogP contribution in [0.25, 0.3) is 0 Å². The minimum absolute atomic E-state index is 0.142. The van der Waals surface area contributed by atoms with Crippen molar-refractivity contribution < 1.29 is 13.9 Å². The maximum Gasteiger partial charge on any atom is 0.340 e. The van der Waals surface area contributed by atoms with Crippen LogP contribution >= 0.6 is 27.5 Å². The van der Waals surface area contributed by atoms with Gasteiger partial charge in [-0.25, -0.2) is 9.18 Å². The summed E-state index contributed by atoms with van der Waals surface area (Å²) in [4.78, 5) is 11.7. The number of carbonyl (C=O) groups is 1. The molecule has 2 rings (SSSR count). The van der Waals surface area contributed by atoms with Crippen LogP contribution in [0.4, 0.5) is 10.1 Å². The molecule has 0 atom stereocenters. The molecule has 3 nitrogen and oxygen atoms in total. The van der Waals surface area contributed by atoms with Crippen molar-refractivity contribution in [2.75, 3.05) is 12.4 Å². The monoisotopic (exact) mass is 371 g/mol. The molecule has 0 radical (unpaired) electrons. The maximum atomic E-state index is 13.3. The van der Waals surface area contributed by atoms with Crippen molar-refractivity contribution in [3.8, 4) is 0 Å². The van der Waals surface area contributed by atoms with Gasteiger partial charge < -0.3 is 10.1 Å². The summed E-state index contributed by atoms with van der Waals surface area (Å²) < 4.78 is 18.8. The summed E-state index contributed by atoms with van der Waals surface area (Å²) in [7, 11) is 1.25. The summed E-state index contributed by atoms with van der Waals surface area (Å²) in [5, 5.41) is 3.67. The van der Waals surface area contributed by atoms with Crippen LogP contribution in [-0.2, 0) is 11.3 Å². The zero-order valence-corrected chi connectivity index (χ0v) is 13.5. The largest absolute Gasteiger partial charge is 0.465 e. The number of halogens is 3. The third kappa shape index (κ3) is 3.95. The molecule has 0 unspecified atom stereocenters. The smallest absolute Gasteiger partial charge is 0.340 e. The summed E-state index contributed by atoms with van der Waals surface area (Å²) in [6, 6.07) is 9.39. The van der Waals surface area contributed by atoms with Gasteiger partial charge in [0.15, 0.2) is 0 Å². The van der Waals surface area contributed by atoms with Gasteiger partial charge in [0.2, 0.25) is 0 Å². The zero-order chi connectivity index (χ0) is 15.4. The van der Waals surface area contributed by atoms with Gasteiger partial charge in [-0.05, 0) is 42.0 Å². The third-order valence-electron chi connectivity index (χ3n) is 2.86. The minimum atomic E-state index is -0.600. The van der Waals surface area contributed by atoms with Gasteiger partial charge >= 0.3 is 5.97 Å². The average Bonchev–Trinajstić information content (AvgIpc) is 2.48. The topological polar surface area (TPSA) is 38.3 Å². The maximum absolute atomic E-state index is 13.3. The lowest BCUT2D eigenvalue weighted by Crippen LogP contribution is -2.09. The Hall–Kier alpha value is -1.59. The van der Waals surface area contributed by atoms with Crippen LogP contribution < -0.4 is 5.32 Å². The fraction of sp³-hybridized carbons (Fsp3) is 0.133. The normalized spacial score (nSPS) is 10.3. The Morgan fingerprint density at radius 3 is 2.81 bits per heavy atom. The quantitative estimate of drug-likeness (QED) is 0.795. The van der Waals surface area contributed by atoms with Gasteiger partial charge in [0.1, 0.15) is 5.82 Å². The molecule has 0 bridgehead atoms. The summed E-state index contributed by atoms with van der Waals surface area (Å²) >= 11 is 9.48. The molecule has 0 saturated carbocycles. The number of carbonyl (C=O) groups excluding carboxylic acids is 1. The lowest BCUT2D eigenvalue weighted by molar-refractivity contribution is 0.0601. The number of ether oxygens (including phenoxy) is 1. The summed E-state index contributed by atoms with van der Waals surface area (Å²) in [6.45, 7) is 0.397. The van der Waals surface area contributed by atoms with Crippen molar-refractivity contribution in [2.24, 2.45) is 0 Å². The summed E-state index contributed by atoms with van der Waals surface area (Å²) in [5.74, 6) is -1.10. The van der Waals surface area contributed by atoms with Gasteiger partial charge in [0, 0.05) is 21.7 Å². The molecule has 2 aromatic rings. The van der Waals surface area contributed by atoms with Crippen molar-refractivity contribution >= 4 is 39.2 Å². The Kier molecular flexibility index (Phi) is 5.20. The van der Waals surface area contributed by atoms with Crippen molar-refractivity contribution in [3.63, 3.8) is 0 Å². The van der Waals surface area contributed by atoms with E-state index in [1.54, 1.807) is 6.07 Å². The Labute approximate surface area is 135 Å². The highest BCUT2D eigenvalue weighted by atomic mass is 79.9. The molecular weight excluding hydrogens is 361 g/mol. The first-order chi connectivity index (χ1) is 10.0. The van der Waals surface area contributed by atoms with E-state index in [-0.39, 0.29) is 5.56 Å². The number of esters is 1. The van der Waals surface area contributed by atoms with Crippen LogP contribution in [0, 0.1) is 5.82 Å². The number of benzene rings is 2. The van der Waals surface area contributed by atoms with E-state index in [2.05, 4.69) is 26.0 Å². The average molecular weight is 373 g/mol. The molecule has 110 valence electrons. The molecule has 0 spiro atoms. The van der Waals surface area contributed by atoms with E-state index in [0.717, 1.165) is 16.1 Å². The fourth-order valence-electron chi connectivity index (χ4n) is 1.82. The van der Waals surface area contributed by atoms with Crippen molar-refractivity contribution in [1.82, 2.24) is 0 Å². The van der Waals surface area contributed by atoms with Gasteiger partial charge in [-0.15, -0.1) is 0 Å². The third-order valence-corrected chi connectivity index (χ3v) is 3.73. The highest BCUT2D eigenvalue weighted by Gasteiger charge is 2.13.